The minimum absolute atomic E-state index is 0.0477. The van der Waals surface area contributed by atoms with E-state index in [9.17, 15) is 4.79 Å². The van der Waals surface area contributed by atoms with E-state index in [1.807, 2.05) is 23.6 Å². The molecule has 0 fully saturated rings. The van der Waals surface area contributed by atoms with Crippen LogP contribution in [0.15, 0.2) is 16.8 Å². The van der Waals surface area contributed by atoms with Crippen LogP contribution in [0.25, 0.3) is 0 Å². The molecule has 0 bridgehead atoms. The van der Waals surface area contributed by atoms with Crippen molar-refractivity contribution in [2.45, 2.75) is 45.7 Å². The largest absolute Gasteiger partial charge is 0.304 e. The molecule has 1 N–H and O–H groups in total. The molecule has 22 heavy (non-hydrogen) atoms. The zero-order valence-electron chi connectivity index (χ0n) is 13.0. The van der Waals surface area contributed by atoms with Gasteiger partial charge in [0.15, 0.2) is 5.13 Å². The summed E-state index contributed by atoms with van der Waals surface area (Å²) in [6.07, 6.45) is 3.66. The minimum Gasteiger partial charge on any atom is -0.304 e. The van der Waals surface area contributed by atoms with Crippen LogP contribution in [0.5, 0.6) is 0 Å². The number of anilines is 1. The highest BCUT2D eigenvalue weighted by atomic mass is 32.1. The fourth-order valence-corrected chi connectivity index (χ4v) is 4.84. The molecule has 1 aliphatic rings. The third kappa shape index (κ3) is 3.24. The standard InChI is InChI=1S/C16H21N3OS2/c1-3-19(11(2)20)16-18-12(10-22-16)9-17-14-5-4-6-15-13(14)7-8-21-15/h7-8,10,14,17H,3-6,9H2,1-2H3. The first-order valence-electron chi connectivity index (χ1n) is 7.71. The number of amides is 1. The highest BCUT2D eigenvalue weighted by molar-refractivity contribution is 7.14. The van der Waals surface area contributed by atoms with Crippen molar-refractivity contribution in [3.8, 4) is 0 Å². The molecule has 1 atom stereocenters. The van der Waals surface area contributed by atoms with Crippen LogP contribution in [0.4, 0.5) is 5.13 Å². The molecule has 2 aromatic heterocycles. The first kappa shape index (κ1) is 15.6. The smallest absolute Gasteiger partial charge is 0.225 e. The number of carbonyl (C=O) groups is 1. The molecule has 0 aliphatic heterocycles. The zero-order valence-corrected chi connectivity index (χ0v) is 14.6. The molecule has 6 heteroatoms. The fraction of sp³-hybridized carbons (Fsp3) is 0.500. The van der Waals surface area contributed by atoms with Crippen LogP contribution in [0.1, 0.15) is 48.9 Å². The van der Waals surface area contributed by atoms with E-state index in [1.54, 1.807) is 23.2 Å². The number of aromatic nitrogens is 1. The summed E-state index contributed by atoms with van der Waals surface area (Å²) in [7, 11) is 0. The molecule has 1 unspecified atom stereocenters. The number of thiophene rings is 1. The lowest BCUT2D eigenvalue weighted by Gasteiger charge is -2.23. The van der Waals surface area contributed by atoms with Gasteiger partial charge in [-0.05, 0) is 43.2 Å². The maximum Gasteiger partial charge on any atom is 0.225 e. The molecule has 2 heterocycles. The normalized spacial score (nSPS) is 17.3. The van der Waals surface area contributed by atoms with Crippen LogP contribution in [-0.2, 0) is 17.8 Å². The summed E-state index contributed by atoms with van der Waals surface area (Å²) in [6.45, 7) is 4.98. The van der Waals surface area contributed by atoms with E-state index in [0.717, 1.165) is 17.4 Å². The Morgan fingerprint density at radius 1 is 1.50 bits per heavy atom. The molecule has 0 spiro atoms. The summed E-state index contributed by atoms with van der Waals surface area (Å²) in [5, 5.41) is 8.66. The van der Waals surface area contributed by atoms with Crippen LogP contribution in [0.2, 0.25) is 0 Å². The minimum atomic E-state index is 0.0477. The molecule has 4 nitrogen and oxygen atoms in total. The van der Waals surface area contributed by atoms with Gasteiger partial charge in [-0.2, -0.15) is 0 Å². The van der Waals surface area contributed by atoms with Crippen molar-refractivity contribution in [1.82, 2.24) is 10.3 Å². The van der Waals surface area contributed by atoms with Gasteiger partial charge in [-0.15, -0.1) is 22.7 Å². The SMILES string of the molecule is CCN(C(C)=O)c1nc(CNC2CCCc3sccc32)cs1. The summed E-state index contributed by atoms with van der Waals surface area (Å²) in [5.74, 6) is 0.0477. The molecular weight excluding hydrogens is 314 g/mol. The zero-order chi connectivity index (χ0) is 15.5. The van der Waals surface area contributed by atoms with Gasteiger partial charge in [0, 0.05) is 36.3 Å². The second-order valence-electron chi connectivity index (χ2n) is 5.51. The van der Waals surface area contributed by atoms with Crippen molar-refractivity contribution in [3.05, 3.63) is 33.0 Å². The summed E-state index contributed by atoms with van der Waals surface area (Å²) in [5.41, 5.74) is 2.48. The Morgan fingerprint density at radius 3 is 3.14 bits per heavy atom. The third-order valence-electron chi connectivity index (χ3n) is 4.05. The first-order valence-corrected chi connectivity index (χ1v) is 9.47. The summed E-state index contributed by atoms with van der Waals surface area (Å²) < 4.78 is 0. The van der Waals surface area contributed by atoms with Crippen molar-refractivity contribution in [3.63, 3.8) is 0 Å². The summed E-state index contributed by atoms with van der Waals surface area (Å²) >= 11 is 3.41. The maximum absolute atomic E-state index is 11.6. The van der Waals surface area contributed by atoms with Crippen molar-refractivity contribution in [2.75, 3.05) is 11.4 Å². The van der Waals surface area contributed by atoms with Gasteiger partial charge in [0.1, 0.15) is 0 Å². The third-order valence-corrected chi connectivity index (χ3v) is 5.96. The van der Waals surface area contributed by atoms with E-state index in [-0.39, 0.29) is 5.91 Å². The number of hydrogen-bond donors (Lipinski definition) is 1. The second-order valence-corrected chi connectivity index (χ2v) is 7.35. The van der Waals surface area contributed by atoms with E-state index >= 15 is 0 Å². The molecule has 0 saturated heterocycles. The van der Waals surface area contributed by atoms with Crippen LogP contribution < -0.4 is 10.2 Å². The number of hydrogen-bond acceptors (Lipinski definition) is 5. The summed E-state index contributed by atoms with van der Waals surface area (Å²) in [4.78, 5) is 19.4. The van der Waals surface area contributed by atoms with Gasteiger partial charge >= 0.3 is 0 Å². The highest BCUT2D eigenvalue weighted by Crippen LogP contribution is 2.33. The lowest BCUT2D eigenvalue weighted by atomic mass is 9.94. The highest BCUT2D eigenvalue weighted by Gasteiger charge is 2.21. The molecule has 0 aromatic carbocycles. The van der Waals surface area contributed by atoms with Gasteiger partial charge in [-0.1, -0.05) is 0 Å². The monoisotopic (exact) mass is 335 g/mol. The van der Waals surface area contributed by atoms with Gasteiger partial charge in [0.2, 0.25) is 5.91 Å². The van der Waals surface area contributed by atoms with Gasteiger partial charge in [0.05, 0.1) is 5.69 Å². The van der Waals surface area contributed by atoms with Gasteiger partial charge in [0.25, 0.3) is 0 Å². The van der Waals surface area contributed by atoms with E-state index in [4.69, 9.17) is 0 Å². The molecule has 0 saturated carbocycles. The van der Waals surface area contributed by atoms with Crippen molar-refractivity contribution < 1.29 is 4.79 Å². The van der Waals surface area contributed by atoms with Crippen LogP contribution in [-0.4, -0.2) is 17.4 Å². The quantitative estimate of drug-likeness (QED) is 0.905. The second kappa shape index (κ2) is 6.89. The van der Waals surface area contributed by atoms with E-state index in [2.05, 4.69) is 21.7 Å². The van der Waals surface area contributed by atoms with Gasteiger partial charge < -0.3 is 5.32 Å². The van der Waals surface area contributed by atoms with Gasteiger partial charge in [-0.25, -0.2) is 4.98 Å². The van der Waals surface area contributed by atoms with E-state index in [0.29, 0.717) is 12.6 Å². The molecule has 1 amide bonds. The fourth-order valence-electron chi connectivity index (χ4n) is 2.92. The Kier molecular flexibility index (Phi) is 4.90. The van der Waals surface area contributed by atoms with Crippen LogP contribution in [0, 0.1) is 0 Å². The Balaban J connectivity index is 1.64. The van der Waals surface area contributed by atoms with E-state index in [1.165, 1.54) is 29.7 Å². The number of carbonyl (C=O) groups excluding carboxylic acids is 1. The number of nitrogens with one attached hydrogen (secondary N) is 1. The Labute approximate surface area is 139 Å². The van der Waals surface area contributed by atoms with Gasteiger partial charge in [-0.3, -0.25) is 9.69 Å². The topological polar surface area (TPSA) is 45.2 Å². The Hall–Kier alpha value is -1.24. The van der Waals surface area contributed by atoms with Crippen molar-refractivity contribution in [2.24, 2.45) is 0 Å². The van der Waals surface area contributed by atoms with E-state index < -0.39 is 0 Å². The van der Waals surface area contributed by atoms with Crippen molar-refractivity contribution >= 4 is 33.7 Å². The number of fused-ring (bicyclic) bond motifs is 1. The maximum atomic E-state index is 11.6. The Bertz CT molecular complexity index is 649. The molecule has 0 radical (unpaired) electrons. The number of rotatable bonds is 5. The number of nitrogens with zero attached hydrogens (tertiary/aromatic N) is 2. The molecular formula is C16H21N3OS2. The average Bonchev–Trinajstić information content (AvgIpc) is 3.14. The van der Waals surface area contributed by atoms with Crippen LogP contribution in [0.3, 0.4) is 0 Å². The van der Waals surface area contributed by atoms with Crippen molar-refractivity contribution in [1.29, 1.82) is 0 Å². The molecule has 2 aromatic rings. The average molecular weight is 335 g/mol. The molecule has 1 aliphatic carbocycles. The molecule has 118 valence electrons. The molecule has 3 rings (SSSR count). The predicted molar refractivity (Wildman–Crippen MR) is 92.7 cm³/mol. The number of thiazole rings is 1. The Morgan fingerprint density at radius 2 is 2.36 bits per heavy atom. The lowest BCUT2D eigenvalue weighted by molar-refractivity contribution is -0.116. The number of aryl methyl sites for hydroxylation is 1. The first-order chi connectivity index (χ1) is 10.7. The van der Waals surface area contributed by atoms with Crippen LogP contribution >= 0.6 is 22.7 Å². The predicted octanol–water partition coefficient (Wildman–Crippen LogP) is 3.74. The summed E-state index contributed by atoms with van der Waals surface area (Å²) in [6, 6.07) is 2.69. The lowest BCUT2D eigenvalue weighted by Crippen LogP contribution is -2.28.